The van der Waals surface area contributed by atoms with Crippen molar-refractivity contribution in [3.63, 3.8) is 0 Å². The monoisotopic (exact) mass is 295 g/mol. The van der Waals surface area contributed by atoms with E-state index in [0.717, 1.165) is 24.5 Å². The van der Waals surface area contributed by atoms with Crippen LogP contribution in [0.25, 0.3) is 6.08 Å². The fraction of sp³-hybridized carbons (Fsp3) is 0.533. The summed E-state index contributed by atoms with van der Waals surface area (Å²) in [6, 6.07) is 4.04. The number of carboxylic acid groups (broad SMARTS) is 1. The second-order valence-electron chi connectivity index (χ2n) is 5.83. The highest BCUT2D eigenvalue weighted by molar-refractivity contribution is 7.12. The molecule has 2 rings (SSSR count). The van der Waals surface area contributed by atoms with Gasteiger partial charge in [0.05, 0.1) is 11.7 Å². The molecule has 20 heavy (non-hydrogen) atoms. The van der Waals surface area contributed by atoms with Gasteiger partial charge in [-0.05, 0) is 39.0 Å². The smallest absolute Gasteiger partial charge is 0.328 e. The van der Waals surface area contributed by atoms with Gasteiger partial charge in [0.15, 0.2) is 0 Å². The minimum Gasteiger partial charge on any atom is -0.478 e. The zero-order valence-electron chi connectivity index (χ0n) is 12.1. The Morgan fingerprint density at radius 2 is 2.35 bits per heavy atom. The van der Waals surface area contributed by atoms with Gasteiger partial charge in [-0.15, -0.1) is 11.3 Å². The van der Waals surface area contributed by atoms with E-state index in [1.807, 2.05) is 6.07 Å². The molecule has 1 aromatic rings. The van der Waals surface area contributed by atoms with Crippen LogP contribution < -0.4 is 0 Å². The molecule has 0 aliphatic carbocycles. The second kappa shape index (κ2) is 6.08. The van der Waals surface area contributed by atoms with Crippen LogP contribution in [0.3, 0.4) is 0 Å². The predicted octanol–water partition coefficient (Wildman–Crippen LogP) is 2.85. The number of carbonyl (C=O) groups is 1. The van der Waals surface area contributed by atoms with Crippen LogP contribution in [0.4, 0.5) is 0 Å². The number of hydrogen-bond acceptors (Lipinski definition) is 4. The van der Waals surface area contributed by atoms with E-state index in [0.29, 0.717) is 0 Å². The van der Waals surface area contributed by atoms with Crippen molar-refractivity contribution in [3.8, 4) is 0 Å². The molecular weight excluding hydrogens is 274 g/mol. The van der Waals surface area contributed by atoms with Crippen LogP contribution in [-0.2, 0) is 16.1 Å². The lowest BCUT2D eigenvalue weighted by atomic mass is 10.1. The molecule has 0 bridgehead atoms. The van der Waals surface area contributed by atoms with Crippen LogP contribution in [0.15, 0.2) is 18.2 Å². The number of aliphatic carboxylic acids is 1. The van der Waals surface area contributed by atoms with E-state index in [9.17, 15) is 4.79 Å². The van der Waals surface area contributed by atoms with Crippen molar-refractivity contribution in [2.75, 3.05) is 13.1 Å². The summed E-state index contributed by atoms with van der Waals surface area (Å²) in [6.45, 7) is 9.07. The third-order valence-corrected chi connectivity index (χ3v) is 4.13. The molecule has 110 valence electrons. The van der Waals surface area contributed by atoms with Crippen molar-refractivity contribution in [2.24, 2.45) is 0 Å². The molecule has 0 radical (unpaired) electrons. The van der Waals surface area contributed by atoms with Gasteiger partial charge in [-0.1, -0.05) is 0 Å². The van der Waals surface area contributed by atoms with Gasteiger partial charge in [0.2, 0.25) is 0 Å². The number of morpholine rings is 1. The van der Waals surface area contributed by atoms with Crippen LogP contribution in [0.1, 0.15) is 30.5 Å². The molecule has 0 spiro atoms. The standard InChI is InChI=1S/C15H21NO3S/c1-11-8-16(10-15(2,3)19-11)9-13-5-4-12(20-13)6-7-14(17)18/h4-7,11H,8-10H2,1-3H3,(H,17,18). The van der Waals surface area contributed by atoms with Gasteiger partial charge >= 0.3 is 5.97 Å². The Morgan fingerprint density at radius 1 is 1.60 bits per heavy atom. The van der Waals surface area contributed by atoms with E-state index < -0.39 is 5.97 Å². The molecule has 1 saturated heterocycles. The predicted molar refractivity (Wildman–Crippen MR) is 80.9 cm³/mol. The molecule has 1 aliphatic rings. The molecule has 0 aromatic carbocycles. The summed E-state index contributed by atoms with van der Waals surface area (Å²) in [4.78, 5) is 15.1. The first kappa shape index (κ1) is 15.2. The van der Waals surface area contributed by atoms with Gasteiger partial charge in [0.1, 0.15) is 0 Å². The van der Waals surface area contributed by atoms with Crippen molar-refractivity contribution >= 4 is 23.4 Å². The van der Waals surface area contributed by atoms with Crippen molar-refractivity contribution in [3.05, 3.63) is 28.0 Å². The van der Waals surface area contributed by atoms with Crippen molar-refractivity contribution in [2.45, 2.75) is 39.0 Å². The molecule has 1 aromatic heterocycles. The topological polar surface area (TPSA) is 49.8 Å². The maximum atomic E-state index is 10.5. The van der Waals surface area contributed by atoms with Gasteiger partial charge < -0.3 is 9.84 Å². The van der Waals surface area contributed by atoms with E-state index in [4.69, 9.17) is 9.84 Å². The number of nitrogens with zero attached hydrogens (tertiary/aromatic N) is 1. The normalized spacial score (nSPS) is 23.2. The molecule has 0 saturated carbocycles. The average Bonchev–Trinajstić information content (AvgIpc) is 2.71. The van der Waals surface area contributed by atoms with Gasteiger partial charge in [0, 0.05) is 35.5 Å². The highest BCUT2D eigenvalue weighted by Gasteiger charge is 2.31. The Kier molecular flexibility index (Phi) is 4.62. The van der Waals surface area contributed by atoms with Gasteiger partial charge in [-0.25, -0.2) is 4.79 Å². The Labute approximate surface area is 123 Å². The number of rotatable bonds is 4. The number of carboxylic acids is 1. The molecule has 5 heteroatoms. The summed E-state index contributed by atoms with van der Waals surface area (Å²) in [5, 5.41) is 8.63. The fourth-order valence-electron chi connectivity index (χ4n) is 2.65. The maximum Gasteiger partial charge on any atom is 0.328 e. The fourth-order valence-corrected chi connectivity index (χ4v) is 3.61. The minimum absolute atomic E-state index is 0.110. The molecule has 1 unspecified atom stereocenters. The lowest BCUT2D eigenvalue weighted by Gasteiger charge is -2.41. The SMILES string of the molecule is CC1CN(Cc2ccc(C=CC(=O)O)s2)CC(C)(C)O1. The zero-order chi connectivity index (χ0) is 14.8. The Bertz CT molecular complexity index is 507. The van der Waals surface area contributed by atoms with Crippen LogP contribution in [0, 0.1) is 0 Å². The number of thiophene rings is 1. The van der Waals surface area contributed by atoms with Gasteiger partial charge in [-0.3, -0.25) is 4.90 Å². The second-order valence-corrected chi connectivity index (χ2v) is 7.03. The molecule has 1 fully saturated rings. The summed E-state index contributed by atoms with van der Waals surface area (Å²) in [5.74, 6) is -0.913. The van der Waals surface area contributed by atoms with E-state index >= 15 is 0 Å². The summed E-state index contributed by atoms with van der Waals surface area (Å²) in [7, 11) is 0. The Morgan fingerprint density at radius 3 is 3.00 bits per heavy atom. The summed E-state index contributed by atoms with van der Waals surface area (Å²) < 4.78 is 5.90. The van der Waals surface area contributed by atoms with Crippen molar-refractivity contribution in [1.29, 1.82) is 0 Å². The molecule has 1 atom stereocenters. The Hall–Kier alpha value is -1.17. The van der Waals surface area contributed by atoms with Crippen LogP contribution in [0.2, 0.25) is 0 Å². The average molecular weight is 295 g/mol. The lowest BCUT2D eigenvalue weighted by Crippen LogP contribution is -2.51. The van der Waals surface area contributed by atoms with Crippen molar-refractivity contribution in [1.82, 2.24) is 4.90 Å². The first-order chi connectivity index (χ1) is 9.34. The summed E-state index contributed by atoms with van der Waals surface area (Å²) >= 11 is 1.64. The van der Waals surface area contributed by atoms with E-state index in [-0.39, 0.29) is 11.7 Å². The maximum absolute atomic E-state index is 10.5. The molecule has 4 nitrogen and oxygen atoms in total. The summed E-state index contributed by atoms with van der Waals surface area (Å²) in [6.07, 6.45) is 3.06. The lowest BCUT2D eigenvalue weighted by molar-refractivity contribution is -0.131. The molecule has 2 heterocycles. The number of ether oxygens (including phenoxy) is 1. The zero-order valence-corrected chi connectivity index (χ0v) is 12.9. The molecule has 1 aliphatic heterocycles. The number of hydrogen-bond donors (Lipinski definition) is 1. The molecule has 1 N–H and O–H groups in total. The van der Waals surface area contributed by atoms with E-state index in [2.05, 4.69) is 31.7 Å². The largest absolute Gasteiger partial charge is 0.478 e. The first-order valence-electron chi connectivity index (χ1n) is 6.74. The highest BCUT2D eigenvalue weighted by atomic mass is 32.1. The minimum atomic E-state index is -0.913. The van der Waals surface area contributed by atoms with Gasteiger partial charge in [-0.2, -0.15) is 0 Å². The summed E-state index contributed by atoms with van der Waals surface area (Å²) in [5.41, 5.74) is -0.110. The van der Waals surface area contributed by atoms with Crippen LogP contribution in [-0.4, -0.2) is 40.8 Å². The highest BCUT2D eigenvalue weighted by Crippen LogP contribution is 2.25. The quantitative estimate of drug-likeness (QED) is 0.868. The van der Waals surface area contributed by atoms with Crippen LogP contribution >= 0.6 is 11.3 Å². The first-order valence-corrected chi connectivity index (χ1v) is 7.56. The molecular formula is C15H21NO3S. The third-order valence-electron chi connectivity index (χ3n) is 3.09. The van der Waals surface area contributed by atoms with Crippen molar-refractivity contribution < 1.29 is 14.6 Å². The Balaban J connectivity index is 1.98. The van der Waals surface area contributed by atoms with E-state index in [1.54, 1.807) is 17.4 Å². The van der Waals surface area contributed by atoms with Crippen LogP contribution in [0.5, 0.6) is 0 Å². The van der Waals surface area contributed by atoms with Gasteiger partial charge in [0.25, 0.3) is 0 Å². The van der Waals surface area contributed by atoms with E-state index in [1.165, 1.54) is 11.0 Å². The molecule has 0 amide bonds. The third kappa shape index (κ3) is 4.44.